The average molecular weight is 447 g/mol. The van der Waals surface area contributed by atoms with Gasteiger partial charge in [0.15, 0.2) is 6.61 Å². The summed E-state index contributed by atoms with van der Waals surface area (Å²) in [5.41, 5.74) is 4.26. The highest BCUT2D eigenvalue weighted by Crippen LogP contribution is 2.32. The van der Waals surface area contributed by atoms with E-state index in [1.54, 1.807) is 0 Å². The number of hydrogen-bond donors (Lipinski definition) is 1. The Hall–Kier alpha value is -3.18. The zero-order valence-corrected chi connectivity index (χ0v) is 17.4. The van der Waals surface area contributed by atoms with Crippen LogP contribution in [0.3, 0.4) is 0 Å². The number of rotatable bonds is 5. The van der Waals surface area contributed by atoms with Crippen LogP contribution in [0.25, 0.3) is 21.5 Å². The van der Waals surface area contributed by atoms with E-state index >= 15 is 0 Å². The molecule has 4 rings (SSSR count). The summed E-state index contributed by atoms with van der Waals surface area (Å²) in [7, 11) is 0. The van der Waals surface area contributed by atoms with Gasteiger partial charge in [-0.1, -0.05) is 66.7 Å². The first-order valence-corrected chi connectivity index (χ1v) is 10.0. The Kier molecular flexibility index (Phi) is 5.58. The fourth-order valence-electron chi connectivity index (χ4n) is 3.13. The van der Waals surface area contributed by atoms with Crippen molar-refractivity contribution in [3.8, 4) is 5.75 Å². The molecule has 4 nitrogen and oxygen atoms in total. The average Bonchev–Trinajstić information content (AvgIpc) is 2.77. The third kappa shape index (κ3) is 4.30. The minimum atomic E-state index is -0.315. The standard InChI is InChI=1S/C24H19BrN2O2/c1-16(19-11-10-17-6-2-3-8-20(17)14-19)26-27-23(28)15-29-22-13-12-18-7-4-5-9-21(18)24(22)25/h2-14H,15H2,1H3,(H,27,28)/b26-16+. The zero-order chi connectivity index (χ0) is 20.2. The largest absolute Gasteiger partial charge is 0.483 e. The van der Waals surface area contributed by atoms with Crippen molar-refractivity contribution in [1.82, 2.24) is 5.43 Å². The molecule has 5 heteroatoms. The first-order chi connectivity index (χ1) is 14.1. The van der Waals surface area contributed by atoms with E-state index in [-0.39, 0.29) is 12.5 Å². The molecule has 4 aromatic rings. The fourth-order valence-corrected chi connectivity index (χ4v) is 3.73. The number of ether oxygens (including phenoxy) is 1. The molecular weight excluding hydrogens is 428 g/mol. The lowest BCUT2D eigenvalue weighted by Gasteiger charge is -2.10. The van der Waals surface area contributed by atoms with Crippen LogP contribution < -0.4 is 10.2 Å². The topological polar surface area (TPSA) is 50.7 Å². The lowest BCUT2D eigenvalue weighted by atomic mass is 10.0. The number of nitrogens with zero attached hydrogens (tertiary/aromatic N) is 1. The first kappa shape index (κ1) is 19.2. The highest BCUT2D eigenvalue weighted by atomic mass is 79.9. The molecule has 1 amide bonds. The van der Waals surface area contributed by atoms with Gasteiger partial charge in [-0.05, 0) is 62.1 Å². The second-order valence-corrected chi connectivity index (χ2v) is 7.47. The highest BCUT2D eigenvalue weighted by molar-refractivity contribution is 9.10. The summed E-state index contributed by atoms with van der Waals surface area (Å²) in [6.07, 6.45) is 0. The predicted octanol–water partition coefficient (Wildman–Crippen LogP) is 5.67. The van der Waals surface area contributed by atoms with E-state index in [4.69, 9.17) is 4.74 Å². The van der Waals surface area contributed by atoms with Crippen molar-refractivity contribution in [2.24, 2.45) is 5.10 Å². The minimum Gasteiger partial charge on any atom is -0.483 e. The molecule has 0 radical (unpaired) electrons. The predicted molar refractivity (Wildman–Crippen MR) is 121 cm³/mol. The van der Waals surface area contributed by atoms with Crippen molar-refractivity contribution in [2.45, 2.75) is 6.92 Å². The van der Waals surface area contributed by atoms with Crippen molar-refractivity contribution < 1.29 is 9.53 Å². The summed E-state index contributed by atoms with van der Waals surface area (Å²) in [5.74, 6) is 0.305. The molecule has 0 saturated heterocycles. The number of fused-ring (bicyclic) bond motifs is 2. The minimum absolute atomic E-state index is 0.120. The Morgan fingerprint density at radius 1 is 0.931 bits per heavy atom. The van der Waals surface area contributed by atoms with E-state index in [0.29, 0.717) is 5.75 Å². The third-order valence-corrected chi connectivity index (χ3v) is 5.52. The molecule has 0 saturated carbocycles. The molecule has 0 aromatic heterocycles. The van der Waals surface area contributed by atoms with Crippen LogP contribution in [0.4, 0.5) is 0 Å². The van der Waals surface area contributed by atoms with Crippen LogP contribution in [0.5, 0.6) is 5.75 Å². The Labute approximate surface area is 177 Å². The molecule has 0 aliphatic carbocycles. The van der Waals surface area contributed by atoms with Crippen molar-refractivity contribution in [3.63, 3.8) is 0 Å². The quantitative estimate of drug-likeness (QED) is 0.316. The Morgan fingerprint density at radius 3 is 2.45 bits per heavy atom. The summed E-state index contributed by atoms with van der Waals surface area (Å²) in [6.45, 7) is 1.75. The lowest BCUT2D eigenvalue weighted by molar-refractivity contribution is -0.123. The monoisotopic (exact) mass is 446 g/mol. The van der Waals surface area contributed by atoms with E-state index in [1.165, 1.54) is 5.39 Å². The second-order valence-electron chi connectivity index (χ2n) is 6.68. The smallest absolute Gasteiger partial charge is 0.277 e. The van der Waals surface area contributed by atoms with Crippen LogP contribution in [0, 0.1) is 0 Å². The number of hydrogen-bond acceptors (Lipinski definition) is 3. The molecule has 144 valence electrons. The number of halogens is 1. The number of amides is 1. The molecule has 0 fully saturated rings. The lowest BCUT2D eigenvalue weighted by Crippen LogP contribution is -2.25. The molecule has 1 N–H and O–H groups in total. The molecule has 0 atom stereocenters. The van der Waals surface area contributed by atoms with Gasteiger partial charge in [0, 0.05) is 0 Å². The number of carbonyl (C=O) groups is 1. The van der Waals surface area contributed by atoms with Crippen LogP contribution in [-0.4, -0.2) is 18.2 Å². The Morgan fingerprint density at radius 2 is 1.62 bits per heavy atom. The van der Waals surface area contributed by atoms with Crippen LogP contribution in [0.1, 0.15) is 12.5 Å². The number of hydrazone groups is 1. The Balaban J connectivity index is 1.41. The van der Waals surface area contributed by atoms with Crippen LogP contribution in [0.15, 0.2) is 88.4 Å². The van der Waals surface area contributed by atoms with Gasteiger partial charge in [0.1, 0.15) is 5.75 Å². The van der Waals surface area contributed by atoms with Crippen LogP contribution in [0.2, 0.25) is 0 Å². The molecule has 0 aliphatic heterocycles. The van der Waals surface area contributed by atoms with Gasteiger partial charge in [0.05, 0.1) is 10.2 Å². The SMILES string of the molecule is C/C(=N\NC(=O)COc1ccc2ccccc2c1Br)c1ccc2ccccc2c1. The maximum Gasteiger partial charge on any atom is 0.277 e. The van der Waals surface area contributed by atoms with Gasteiger partial charge in [0.2, 0.25) is 0 Å². The maximum atomic E-state index is 12.2. The van der Waals surface area contributed by atoms with Gasteiger partial charge in [0.25, 0.3) is 5.91 Å². The van der Waals surface area contributed by atoms with E-state index in [2.05, 4.69) is 44.7 Å². The van der Waals surface area contributed by atoms with Crippen molar-refractivity contribution in [3.05, 3.63) is 88.9 Å². The highest BCUT2D eigenvalue weighted by Gasteiger charge is 2.08. The number of carbonyl (C=O) groups excluding carboxylic acids is 1. The third-order valence-electron chi connectivity index (χ3n) is 4.70. The summed E-state index contributed by atoms with van der Waals surface area (Å²) < 4.78 is 6.51. The first-order valence-electron chi connectivity index (χ1n) is 9.24. The molecule has 0 unspecified atom stereocenters. The Bertz CT molecular complexity index is 1230. The molecule has 29 heavy (non-hydrogen) atoms. The van der Waals surface area contributed by atoms with Gasteiger partial charge in [-0.25, -0.2) is 5.43 Å². The van der Waals surface area contributed by atoms with Crippen LogP contribution in [-0.2, 0) is 4.79 Å². The van der Waals surface area contributed by atoms with Crippen molar-refractivity contribution in [2.75, 3.05) is 6.61 Å². The molecule has 0 spiro atoms. The van der Waals surface area contributed by atoms with E-state index in [0.717, 1.165) is 31.9 Å². The molecule has 4 aromatic carbocycles. The van der Waals surface area contributed by atoms with Gasteiger partial charge < -0.3 is 4.74 Å². The summed E-state index contributed by atoms with van der Waals surface area (Å²) in [6, 6.07) is 26.0. The van der Waals surface area contributed by atoms with Gasteiger partial charge in [-0.2, -0.15) is 5.10 Å². The summed E-state index contributed by atoms with van der Waals surface area (Å²) in [5, 5.41) is 8.66. The van der Waals surface area contributed by atoms with Gasteiger partial charge >= 0.3 is 0 Å². The summed E-state index contributed by atoms with van der Waals surface area (Å²) >= 11 is 3.56. The van der Waals surface area contributed by atoms with Gasteiger partial charge in [-0.15, -0.1) is 0 Å². The molecule has 0 heterocycles. The number of nitrogens with one attached hydrogen (secondary N) is 1. The molecular formula is C24H19BrN2O2. The zero-order valence-electron chi connectivity index (χ0n) is 15.9. The van der Waals surface area contributed by atoms with Crippen molar-refractivity contribution >= 4 is 49.1 Å². The molecule has 0 aliphatic rings. The fraction of sp³-hybridized carbons (Fsp3) is 0.0833. The normalized spacial score (nSPS) is 11.6. The van der Waals surface area contributed by atoms with E-state index in [1.807, 2.05) is 67.6 Å². The maximum absolute atomic E-state index is 12.2. The van der Waals surface area contributed by atoms with E-state index < -0.39 is 0 Å². The van der Waals surface area contributed by atoms with Crippen LogP contribution >= 0.6 is 15.9 Å². The summed E-state index contributed by atoms with van der Waals surface area (Å²) in [4.78, 5) is 12.2. The number of benzene rings is 4. The second kappa shape index (κ2) is 8.45. The molecule has 0 bridgehead atoms. The van der Waals surface area contributed by atoms with Gasteiger partial charge in [-0.3, -0.25) is 4.79 Å². The van der Waals surface area contributed by atoms with E-state index in [9.17, 15) is 4.79 Å². The van der Waals surface area contributed by atoms with Crippen molar-refractivity contribution in [1.29, 1.82) is 0 Å².